The maximum Gasteiger partial charge on any atom is 0.139 e. The SMILES string of the molecule is N#Cc1ccc(NCc2cccc(Cl)c2O)cc1C#N. The van der Waals surface area contributed by atoms with Crippen LogP contribution in [0.3, 0.4) is 0 Å². The molecule has 5 heteroatoms. The molecule has 20 heavy (non-hydrogen) atoms. The monoisotopic (exact) mass is 283 g/mol. The molecule has 2 aromatic carbocycles. The van der Waals surface area contributed by atoms with Gasteiger partial charge in [-0.15, -0.1) is 0 Å². The summed E-state index contributed by atoms with van der Waals surface area (Å²) in [5, 5.41) is 31.0. The van der Waals surface area contributed by atoms with Crippen molar-refractivity contribution >= 4 is 17.3 Å². The van der Waals surface area contributed by atoms with Crippen molar-refractivity contribution in [3.63, 3.8) is 0 Å². The van der Waals surface area contributed by atoms with Crippen LogP contribution in [0.2, 0.25) is 5.02 Å². The summed E-state index contributed by atoms with van der Waals surface area (Å²) < 4.78 is 0. The second-order valence-corrected chi connectivity index (χ2v) is 4.49. The second kappa shape index (κ2) is 5.97. The van der Waals surface area contributed by atoms with Gasteiger partial charge in [-0.1, -0.05) is 23.7 Å². The van der Waals surface area contributed by atoms with E-state index < -0.39 is 0 Å². The van der Waals surface area contributed by atoms with Crippen LogP contribution in [0, 0.1) is 22.7 Å². The summed E-state index contributed by atoms with van der Waals surface area (Å²) in [5.41, 5.74) is 2.00. The van der Waals surface area contributed by atoms with E-state index in [0.29, 0.717) is 33.9 Å². The first-order valence-electron chi connectivity index (χ1n) is 5.80. The first-order valence-corrected chi connectivity index (χ1v) is 6.18. The van der Waals surface area contributed by atoms with Gasteiger partial charge in [-0.05, 0) is 24.3 Å². The molecular weight excluding hydrogens is 274 g/mol. The van der Waals surface area contributed by atoms with Gasteiger partial charge in [0.15, 0.2) is 0 Å². The summed E-state index contributed by atoms with van der Waals surface area (Å²) in [6.07, 6.45) is 0. The van der Waals surface area contributed by atoms with Crippen LogP contribution in [0.15, 0.2) is 36.4 Å². The van der Waals surface area contributed by atoms with E-state index >= 15 is 0 Å². The third-order valence-electron chi connectivity index (χ3n) is 2.81. The van der Waals surface area contributed by atoms with Crippen LogP contribution in [-0.2, 0) is 6.54 Å². The number of nitrogens with one attached hydrogen (secondary N) is 1. The number of phenolic OH excluding ortho intramolecular Hbond substituents is 1. The molecule has 0 aliphatic rings. The molecule has 0 aromatic heterocycles. The minimum atomic E-state index is 0.0378. The van der Waals surface area contributed by atoms with Crippen LogP contribution in [0.5, 0.6) is 5.75 Å². The standard InChI is InChI=1S/C15H10ClN3O/c16-14-3-1-2-11(15(14)20)9-19-13-5-4-10(7-17)12(6-13)8-18/h1-6,19-20H,9H2. The molecule has 0 spiro atoms. The molecule has 0 bridgehead atoms. The van der Waals surface area contributed by atoms with E-state index in [2.05, 4.69) is 5.32 Å². The molecular formula is C15H10ClN3O. The minimum Gasteiger partial charge on any atom is -0.506 e. The topological polar surface area (TPSA) is 79.8 Å². The summed E-state index contributed by atoms with van der Waals surface area (Å²) in [6.45, 7) is 0.364. The van der Waals surface area contributed by atoms with Crippen molar-refractivity contribution in [3.05, 3.63) is 58.1 Å². The third kappa shape index (κ3) is 2.83. The Morgan fingerprint density at radius 2 is 1.85 bits per heavy atom. The van der Waals surface area contributed by atoms with Gasteiger partial charge in [-0.25, -0.2) is 0 Å². The molecule has 0 aliphatic carbocycles. The highest BCUT2D eigenvalue weighted by Crippen LogP contribution is 2.27. The van der Waals surface area contributed by atoms with E-state index in [1.807, 2.05) is 12.1 Å². The molecule has 0 fully saturated rings. The number of anilines is 1. The van der Waals surface area contributed by atoms with Gasteiger partial charge in [0.05, 0.1) is 16.1 Å². The van der Waals surface area contributed by atoms with Crippen LogP contribution in [0.25, 0.3) is 0 Å². The number of hydrogen-bond acceptors (Lipinski definition) is 4. The zero-order chi connectivity index (χ0) is 14.5. The maximum atomic E-state index is 9.79. The lowest BCUT2D eigenvalue weighted by Gasteiger charge is -2.09. The summed E-state index contributed by atoms with van der Waals surface area (Å²) in [5.74, 6) is 0.0378. The maximum absolute atomic E-state index is 9.79. The Labute approximate surface area is 121 Å². The molecule has 2 N–H and O–H groups in total. The Kier molecular flexibility index (Phi) is 4.10. The number of nitriles is 2. The van der Waals surface area contributed by atoms with Gasteiger partial charge in [0, 0.05) is 17.8 Å². The van der Waals surface area contributed by atoms with Crippen molar-refractivity contribution in [2.24, 2.45) is 0 Å². The predicted molar refractivity (Wildman–Crippen MR) is 76.3 cm³/mol. The molecule has 0 radical (unpaired) electrons. The highest BCUT2D eigenvalue weighted by atomic mass is 35.5. The van der Waals surface area contributed by atoms with E-state index in [4.69, 9.17) is 22.1 Å². The lowest BCUT2D eigenvalue weighted by Crippen LogP contribution is -2.00. The second-order valence-electron chi connectivity index (χ2n) is 4.09. The summed E-state index contributed by atoms with van der Waals surface area (Å²) in [6, 6.07) is 13.9. The molecule has 0 amide bonds. The highest BCUT2D eigenvalue weighted by molar-refractivity contribution is 6.32. The van der Waals surface area contributed by atoms with Gasteiger partial charge >= 0.3 is 0 Å². The van der Waals surface area contributed by atoms with Crippen LogP contribution in [0.4, 0.5) is 5.69 Å². The molecule has 0 saturated carbocycles. The lowest BCUT2D eigenvalue weighted by molar-refractivity contribution is 0.469. The Morgan fingerprint density at radius 1 is 1.10 bits per heavy atom. The number of nitrogens with zero attached hydrogens (tertiary/aromatic N) is 2. The van der Waals surface area contributed by atoms with Gasteiger partial charge in [-0.3, -0.25) is 0 Å². The molecule has 0 saturated heterocycles. The van der Waals surface area contributed by atoms with Gasteiger partial charge in [-0.2, -0.15) is 10.5 Å². The summed E-state index contributed by atoms with van der Waals surface area (Å²) in [7, 11) is 0. The fourth-order valence-corrected chi connectivity index (χ4v) is 1.94. The van der Waals surface area contributed by atoms with E-state index in [1.165, 1.54) is 0 Å². The third-order valence-corrected chi connectivity index (χ3v) is 3.12. The van der Waals surface area contributed by atoms with Crippen molar-refractivity contribution in [3.8, 4) is 17.9 Å². The number of halogens is 1. The number of hydrogen-bond donors (Lipinski definition) is 2. The van der Waals surface area contributed by atoms with Gasteiger partial charge < -0.3 is 10.4 Å². The van der Waals surface area contributed by atoms with Gasteiger partial charge in [0.2, 0.25) is 0 Å². The number of rotatable bonds is 3. The van der Waals surface area contributed by atoms with Crippen molar-refractivity contribution in [2.75, 3.05) is 5.32 Å². The Balaban J connectivity index is 2.18. The zero-order valence-electron chi connectivity index (χ0n) is 10.4. The molecule has 0 atom stereocenters. The molecule has 0 unspecified atom stereocenters. The summed E-state index contributed by atoms with van der Waals surface area (Å²) >= 11 is 5.83. The van der Waals surface area contributed by atoms with E-state index in [-0.39, 0.29) is 5.75 Å². The predicted octanol–water partition coefficient (Wildman–Crippen LogP) is 3.40. The number of aromatic hydroxyl groups is 1. The molecule has 4 nitrogen and oxygen atoms in total. The Hall–Kier alpha value is -2.69. The van der Waals surface area contributed by atoms with Crippen molar-refractivity contribution in [2.45, 2.75) is 6.54 Å². The Bertz CT molecular complexity index is 729. The average molecular weight is 284 g/mol. The molecule has 0 aliphatic heterocycles. The first kappa shape index (κ1) is 13.7. The van der Waals surface area contributed by atoms with Crippen molar-refractivity contribution in [1.29, 1.82) is 10.5 Å². The number of benzene rings is 2. The molecule has 98 valence electrons. The average Bonchev–Trinajstić information content (AvgIpc) is 2.48. The van der Waals surface area contributed by atoms with E-state index in [0.717, 1.165) is 0 Å². The molecule has 0 heterocycles. The fourth-order valence-electron chi connectivity index (χ4n) is 1.74. The minimum absolute atomic E-state index is 0.0378. The largest absolute Gasteiger partial charge is 0.506 e. The summed E-state index contributed by atoms with van der Waals surface area (Å²) in [4.78, 5) is 0. The van der Waals surface area contributed by atoms with Crippen molar-refractivity contribution in [1.82, 2.24) is 0 Å². The van der Waals surface area contributed by atoms with E-state index in [9.17, 15) is 5.11 Å². The normalized spacial score (nSPS) is 9.55. The smallest absolute Gasteiger partial charge is 0.139 e. The van der Waals surface area contributed by atoms with Crippen LogP contribution < -0.4 is 5.32 Å². The fraction of sp³-hybridized carbons (Fsp3) is 0.0667. The van der Waals surface area contributed by atoms with E-state index in [1.54, 1.807) is 36.4 Å². The Morgan fingerprint density at radius 3 is 2.55 bits per heavy atom. The highest BCUT2D eigenvalue weighted by Gasteiger charge is 2.06. The van der Waals surface area contributed by atoms with Gasteiger partial charge in [0.1, 0.15) is 17.9 Å². The van der Waals surface area contributed by atoms with Crippen LogP contribution >= 0.6 is 11.6 Å². The lowest BCUT2D eigenvalue weighted by atomic mass is 10.1. The van der Waals surface area contributed by atoms with Crippen LogP contribution in [0.1, 0.15) is 16.7 Å². The number of phenols is 1. The molecule has 2 aromatic rings. The number of para-hydroxylation sites is 1. The zero-order valence-corrected chi connectivity index (χ0v) is 11.1. The van der Waals surface area contributed by atoms with Gasteiger partial charge in [0.25, 0.3) is 0 Å². The molecule has 2 rings (SSSR count). The first-order chi connectivity index (χ1) is 9.65. The van der Waals surface area contributed by atoms with Crippen LogP contribution in [-0.4, -0.2) is 5.11 Å². The quantitative estimate of drug-likeness (QED) is 0.905. The van der Waals surface area contributed by atoms with Crippen molar-refractivity contribution < 1.29 is 5.11 Å².